The summed E-state index contributed by atoms with van der Waals surface area (Å²) in [6.07, 6.45) is 0. The van der Waals surface area contributed by atoms with Gasteiger partial charge in [-0.05, 0) is 24.6 Å². The van der Waals surface area contributed by atoms with Crippen molar-refractivity contribution in [2.45, 2.75) is 13.8 Å². The Bertz CT molecular complexity index is 1100. The standard InChI is InChI=1S/C13H12O2S.C8H10AsNO5/c1-9-3-5-10(6-4-9)11-7-8-12(16-11)13(14)15-2;1-6(11)10-8-4-2-3-7(5-8)9(12,13)15-14/h3-8H,1-2H3;2-5,14H,1H3,(H,10,11)(H,12,13). The summed E-state index contributed by atoms with van der Waals surface area (Å²) in [4.78, 5) is 23.7. The van der Waals surface area contributed by atoms with E-state index in [2.05, 4.69) is 45.1 Å². The normalized spacial score (nSPS) is 12.2. The van der Waals surface area contributed by atoms with Crippen LogP contribution in [0.5, 0.6) is 0 Å². The van der Waals surface area contributed by atoms with Crippen LogP contribution in [0.2, 0.25) is 0 Å². The molecule has 0 bridgehead atoms. The number of carbonyl (C=O) groups is 2. The van der Waals surface area contributed by atoms with Gasteiger partial charge in [0.1, 0.15) is 4.88 Å². The summed E-state index contributed by atoms with van der Waals surface area (Å²) in [5.74, 6) is -0.569. The van der Waals surface area contributed by atoms with Crippen LogP contribution in [-0.4, -0.2) is 42.5 Å². The Morgan fingerprint density at radius 3 is 2.32 bits per heavy atom. The van der Waals surface area contributed by atoms with Crippen LogP contribution in [0.15, 0.2) is 60.7 Å². The van der Waals surface area contributed by atoms with Crippen molar-refractivity contribution >= 4 is 47.4 Å². The van der Waals surface area contributed by atoms with Gasteiger partial charge >= 0.3 is 94.4 Å². The van der Waals surface area contributed by atoms with Crippen molar-refractivity contribution in [1.29, 1.82) is 0 Å². The average Bonchev–Trinajstić information content (AvgIpc) is 3.24. The van der Waals surface area contributed by atoms with E-state index < -0.39 is 14.2 Å². The zero-order valence-electron chi connectivity index (χ0n) is 17.1. The molecule has 0 saturated heterocycles. The van der Waals surface area contributed by atoms with Crippen LogP contribution in [0.4, 0.5) is 5.69 Å². The van der Waals surface area contributed by atoms with Crippen molar-refractivity contribution in [3.8, 4) is 10.4 Å². The zero-order chi connectivity index (χ0) is 23.0. The Morgan fingerprint density at radius 2 is 1.74 bits per heavy atom. The van der Waals surface area contributed by atoms with Crippen molar-refractivity contribution < 1.29 is 31.3 Å². The maximum Gasteiger partial charge on any atom is 0.348 e. The fourth-order valence-corrected chi connectivity index (χ4v) is 4.77. The average molecular weight is 507 g/mol. The first-order valence-corrected chi connectivity index (χ1v) is 13.1. The number of benzene rings is 2. The number of methoxy groups -OCH3 is 1. The van der Waals surface area contributed by atoms with Gasteiger partial charge in [-0.25, -0.2) is 4.79 Å². The van der Waals surface area contributed by atoms with Crippen molar-refractivity contribution in [2.24, 2.45) is 0 Å². The first-order chi connectivity index (χ1) is 14.7. The molecule has 0 aliphatic carbocycles. The molecule has 0 fully saturated rings. The Hall–Kier alpha value is -2.68. The van der Waals surface area contributed by atoms with E-state index in [1.807, 2.05) is 6.07 Å². The molecular formula is C21H22AsNO7S. The van der Waals surface area contributed by atoms with E-state index in [0.29, 0.717) is 10.6 Å². The molecule has 8 nitrogen and oxygen atoms in total. The molecule has 1 unspecified atom stereocenters. The molecule has 10 heteroatoms. The molecule has 0 aliphatic rings. The monoisotopic (exact) mass is 507 g/mol. The number of hydrogen-bond donors (Lipinski definition) is 3. The summed E-state index contributed by atoms with van der Waals surface area (Å²) in [6, 6.07) is 17.6. The van der Waals surface area contributed by atoms with Gasteiger partial charge < -0.3 is 4.74 Å². The van der Waals surface area contributed by atoms with E-state index in [9.17, 15) is 17.4 Å². The van der Waals surface area contributed by atoms with Crippen LogP contribution >= 0.6 is 11.3 Å². The first kappa shape index (κ1) is 24.6. The third-order valence-corrected chi connectivity index (χ3v) is 7.46. The Balaban J connectivity index is 0.000000221. The molecule has 2 aromatic carbocycles. The van der Waals surface area contributed by atoms with Crippen molar-refractivity contribution in [2.75, 3.05) is 12.4 Å². The maximum atomic E-state index is 11.3. The molecule has 0 spiro atoms. The van der Waals surface area contributed by atoms with E-state index in [1.54, 1.807) is 12.1 Å². The summed E-state index contributed by atoms with van der Waals surface area (Å²) in [6.45, 7) is 3.37. The van der Waals surface area contributed by atoms with Crippen molar-refractivity contribution in [3.63, 3.8) is 0 Å². The number of anilines is 1. The van der Waals surface area contributed by atoms with Gasteiger partial charge in [0, 0.05) is 4.88 Å². The second-order valence-corrected chi connectivity index (χ2v) is 11.0. The molecule has 3 rings (SSSR count). The zero-order valence-corrected chi connectivity index (χ0v) is 19.8. The number of carbonyl (C=O) groups excluding carboxylic acids is 2. The van der Waals surface area contributed by atoms with Crippen LogP contribution in [0.1, 0.15) is 22.2 Å². The summed E-state index contributed by atoms with van der Waals surface area (Å²) >= 11 is -3.38. The SMILES string of the molecule is CC(=O)Nc1cccc([As](=O)(O)OO)c1.COC(=O)c1ccc(-c2ccc(C)cc2)s1. The molecule has 3 N–H and O–H groups in total. The molecule has 31 heavy (non-hydrogen) atoms. The molecule has 1 heterocycles. The Morgan fingerprint density at radius 1 is 1.06 bits per heavy atom. The fourth-order valence-electron chi connectivity index (χ4n) is 2.43. The molecule has 1 aromatic heterocycles. The largest absolute Gasteiger partial charge is 0.465 e. The van der Waals surface area contributed by atoms with Gasteiger partial charge in [-0.2, -0.15) is 0 Å². The fraction of sp³-hybridized carbons (Fsp3) is 0.143. The Labute approximate surface area is 186 Å². The van der Waals surface area contributed by atoms with Gasteiger partial charge in [0.25, 0.3) is 0 Å². The molecule has 1 atom stereocenters. The van der Waals surface area contributed by atoms with Gasteiger partial charge in [0.05, 0.1) is 7.11 Å². The number of nitrogens with one attached hydrogen (secondary N) is 1. The number of thiophene rings is 1. The summed E-state index contributed by atoms with van der Waals surface area (Å²) in [5.41, 5.74) is 2.73. The number of esters is 1. The van der Waals surface area contributed by atoms with Crippen LogP contribution in [0.3, 0.4) is 0 Å². The minimum atomic E-state index is -4.83. The molecule has 0 saturated carbocycles. The predicted octanol–water partition coefficient (Wildman–Crippen LogP) is 3.21. The van der Waals surface area contributed by atoms with E-state index in [0.717, 1.165) is 10.4 Å². The van der Waals surface area contributed by atoms with E-state index in [-0.39, 0.29) is 16.2 Å². The third-order valence-electron chi connectivity index (χ3n) is 3.93. The minimum Gasteiger partial charge on any atom is -0.465 e. The Kier molecular flexibility index (Phi) is 8.79. The predicted molar refractivity (Wildman–Crippen MR) is 119 cm³/mol. The summed E-state index contributed by atoms with van der Waals surface area (Å²) in [5, 5.41) is 10.7. The second kappa shape index (κ2) is 11.1. The number of aryl methyl sites for hydroxylation is 1. The summed E-state index contributed by atoms with van der Waals surface area (Å²) < 4.78 is 28.6. The number of ether oxygens (including phenoxy) is 1. The van der Waals surface area contributed by atoms with Crippen LogP contribution in [0.25, 0.3) is 10.4 Å². The topological polar surface area (TPSA) is 122 Å². The molecular weight excluding hydrogens is 485 g/mol. The van der Waals surface area contributed by atoms with E-state index in [1.165, 1.54) is 49.1 Å². The van der Waals surface area contributed by atoms with Gasteiger partial charge in [0.15, 0.2) is 0 Å². The number of amides is 1. The third kappa shape index (κ3) is 7.20. The first-order valence-electron chi connectivity index (χ1n) is 8.95. The smallest absolute Gasteiger partial charge is 0.348 e. The van der Waals surface area contributed by atoms with Crippen LogP contribution in [0, 0.1) is 6.92 Å². The quantitative estimate of drug-likeness (QED) is 0.210. The molecule has 1 amide bonds. The van der Waals surface area contributed by atoms with Gasteiger partial charge in [-0.15, -0.1) is 11.3 Å². The van der Waals surface area contributed by atoms with Crippen molar-refractivity contribution in [3.05, 3.63) is 71.1 Å². The second-order valence-electron chi connectivity index (χ2n) is 6.36. The minimum absolute atomic E-state index is 0.0399. The summed E-state index contributed by atoms with van der Waals surface area (Å²) in [7, 11) is 1.40. The van der Waals surface area contributed by atoms with Crippen molar-refractivity contribution in [1.82, 2.24) is 0 Å². The molecule has 3 aromatic rings. The van der Waals surface area contributed by atoms with Gasteiger partial charge in [-0.3, -0.25) is 0 Å². The molecule has 164 valence electrons. The number of hydrogen-bond acceptors (Lipinski definition) is 7. The molecule has 0 radical (unpaired) electrons. The maximum absolute atomic E-state index is 11.3. The van der Waals surface area contributed by atoms with E-state index in [4.69, 9.17) is 5.26 Å². The van der Waals surface area contributed by atoms with Crippen LogP contribution < -0.4 is 9.67 Å². The molecule has 0 aliphatic heterocycles. The van der Waals surface area contributed by atoms with Gasteiger partial charge in [-0.1, -0.05) is 29.8 Å². The van der Waals surface area contributed by atoms with Crippen LogP contribution in [-0.2, 0) is 17.1 Å². The number of rotatable bonds is 5. The van der Waals surface area contributed by atoms with E-state index >= 15 is 0 Å². The van der Waals surface area contributed by atoms with Gasteiger partial charge in [0.2, 0.25) is 0 Å².